The molecule has 0 radical (unpaired) electrons. The maximum atomic E-state index is 8.78. The monoisotopic (exact) mass is 247 g/mol. The van der Waals surface area contributed by atoms with Crippen molar-refractivity contribution in [3.63, 3.8) is 0 Å². The van der Waals surface area contributed by atoms with Crippen LogP contribution in [-0.2, 0) is 6.54 Å². The van der Waals surface area contributed by atoms with Gasteiger partial charge < -0.3 is 14.7 Å². The van der Waals surface area contributed by atoms with Gasteiger partial charge in [-0.05, 0) is 43.8 Å². The Labute approximate surface area is 109 Å². The SMILES string of the molecule is CCCN(C)Cc1cc(OC)ccc1C#CCO. The zero-order valence-electron chi connectivity index (χ0n) is 11.4. The lowest BCUT2D eigenvalue weighted by Crippen LogP contribution is -2.19. The minimum atomic E-state index is -0.115. The van der Waals surface area contributed by atoms with Crippen molar-refractivity contribution in [2.24, 2.45) is 0 Å². The predicted molar refractivity (Wildman–Crippen MR) is 73.6 cm³/mol. The Balaban J connectivity index is 2.96. The Morgan fingerprint density at radius 2 is 2.17 bits per heavy atom. The van der Waals surface area contributed by atoms with E-state index in [0.717, 1.165) is 36.4 Å². The Hall–Kier alpha value is -1.50. The Bertz CT molecular complexity index is 432. The fourth-order valence-corrected chi connectivity index (χ4v) is 1.84. The number of hydrogen-bond acceptors (Lipinski definition) is 3. The summed E-state index contributed by atoms with van der Waals surface area (Å²) < 4.78 is 5.24. The zero-order chi connectivity index (χ0) is 13.4. The normalized spacial score (nSPS) is 10.1. The van der Waals surface area contributed by atoms with E-state index in [1.807, 2.05) is 18.2 Å². The molecule has 3 nitrogen and oxygen atoms in total. The lowest BCUT2D eigenvalue weighted by Gasteiger charge is -2.17. The maximum absolute atomic E-state index is 8.78. The van der Waals surface area contributed by atoms with Crippen LogP contribution in [0, 0.1) is 11.8 Å². The largest absolute Gasteiger partial charge is 0.497 e. The van der Waals surface area contributed by atoms with E-state index in [0.29, 0.717) is 0 Å². The van der Waals surface area contributed by atoms with Crippen molar-refractivity contribution in [3.8, 4) is 17.6 Å². The summed E-state index contributed by atoms with van der Waals surface area (Å²) in [5.74, 6) is 6.51. The topological polar surface area (TPSA) is 32.7 Å². The molecule has 1 N–H and O–H groups in total. The van der Waals surface area contributed by atoms with Gasteiger partial charge in [-0.1, -0.05) is 18.8 Å². The number of aliphatic hydroxyl groups is 1. The second-order valence-electron chi connectivity index (χ2n) is 4.22. The summed E-state index contributed by atoms with van der Waals surface area (Å²) in [6, 6.07) is 5.84. The van der Waals surface area contributed by atoms with Crippen molar-refractivity contribution >= 4 is 0 Å². The van der Waals surface area contributed by atoms with Crippen LogP contribution in [0.4, 0.5) is 0 Å². The Morgan fingerprint density at radius 3 is 2.78 bits per heavy atom. The molecule has 0 aromatic heterocycles. The van der Waals surface area contributed by atoms with Gasteiger partial charge in [-0.25, -0.2) is 0 Å². The summed E-state index contributed by atoms with van der Waals surface area (Å²) in [4.78, 5) is 2.25. The van der Waals surface area contributed by atoms with Gasteiger partial charge in [-0.2, -0.15) is 0 Å². The van der Waals surface area contributed by atoms with Gasteiger partial charge in [0.2, 0.25) is 0 Å². The molecule has 1 aromatic rings. The quantitative estimate of drug-likeness (QED) is 0.806. The Kier molecular flexibility index (Phi) is 6.27. The van der Waals surface area contributed by atoms with E-state index in [1.54, 1.807) is 7.11 Å². The van der Waals surface area contributed by atoms with Crippen molar-refractivity contribution in [1.82, 2.24) is 4.90 Å². The second-order valence-corrected chi connectivity index (χ2v) is 4.22. The van der Waals surface area contributed by atoms with Crippen LogP contribution >= 0.6 is 0 Å². The molecule has 0 aliphatic rings. The van der Waals surface area contributed by atoms with E-state index in [-0.39, 0.29) is 6.61 Å². The number of ether oxygens (including phenoxy) is 1. The molecule has 1 aromatic carbocycles. The first-order valence-corrected chi connectivity index (χ1v) is 6.16. The highest BCUT2D eigenvalue weighted by atomic mass is 16.5. The summed E-state index contributed by atoms with van der Waals surface area (Å²) in [5, 5.41) is 8.78. The van der Waals surface area contributed by atoms with Crippen LogP contribution in [0.25, 0.3) is 0 Å². The molecule has 98 valence electrons. The van der Waals surface area contributed by atoms with Crippen molar-refractivity contribution in [1.29, 1.82) is 0 Å². The maximum Gasteiger partial charge on any atom is 0.119 e. The molecule has 0 fully saturated rings. The van der Waals surface area contributed by atoms with Crippen LogP contribution in [0.2, 0.25) is 0 Å². The van der Waals surface area contributed by atoms with Crippen molar-refractivity contribution in [3.05, 3.63) is 29.3 Å². The molecule has 0 aliphatic carbocycles. The minimum Gasteiger partial charge on any atom is -0.497 e. The third-order valence-electron chi connectivity index (χ3n) is 2.66. The van der Waals surface area contributed by atoms with Crippen LogP contribution in [0.3, 0.4) is 0 Å². The average molecular weight is 247 g/mol. The van der Waals surface area contributed by atoms with Crippen molar-refractivity contribution in [2.75, 3.05) is 27.3 Å². The minimum absolute atomic E-state index is 0.115. The van der Waals surface area contributed by atoms with Gasteiger partial charge in [0.1, 0.15) is 12.4 Å². The van der Waals surface area contributed by atoms with E-state index in [1.165, 1.54) is 0 Å². The van der Waals surface area contributed by atoms with Gasteiger partial charge >= 0.3 is 0 Å². The highest BCUT2D eigenvalue weighted by Gasteiger charge is 2.05. The molecular weight excluding hydrogens is 226 g/mol. The number of benzene rings is 1. The molecule has 0 aliphatic heterocycles. The first kappa shape index (κ1) is 14.6. The molecule has 1 rings (SSSR count). The van der Waals surface area contributed by atoms with Crippen LogP contribution in [0.1, 0.15) is 24.5 Å². The van der Waals surface area contributed by atoms with E-state index >= 15 is 0 Å². The van der Waals surface area contributed by atoms with Crippen LogP contribution in [-0.4, -0.2) is 37.3 Å². The molecule has 0 spiro atoms. The molecule has 0 unspecified atom stereocenters. The van der Waals surface area contributed by atoms with Gasteiger partial charge in [0, 0.05) is 12.1 Å². The van der Waals surface area contributed by atoms with Crippen molar-refractivity contribution < 1.29 is 9.84 Å². The van der Waals surface area contributed by atoms with Crippen LogP contribution in [0.15, 0.2) is 18.2 Å². The molecule has 0 bridgehead atoms. The van der Waals surface area contributed by atoms with E-state index in [9.17, 15) is 0 Å². The number of rotatable bonds is 5. The van der Waals surface area contributed by atoms with Crippen LogP contribution in [0.5, 0.6) is 5.75 Å². The van der Waals surface area contributed by atoms with Crippen LogP contribution < -0.4 is 4.74 Å². The average Bonchev–Trinajstić information content (AvgIpc) is 2.37. The van der Waals surface area contributed by atoms with Gasteiger partial charge in [0.15, 0.2) is 0 Å². The molecule has 0 saturated heterocycles. The lowest BCUT2D eigenvalue weighted by atomic mass is 10.1. The number of hydrogen-bond donors (Lipinski definition) is 1. The number of nitrogens with zero attached hydrogens (tertiary/aromatic N) is 1. The summed E-state index contributed by atoms with van der Waals surface area (Å²) in [6.45, 7) is 3.93. The zero-order valence-corrected chi connectivity index (χ0v) is 11.4. The summed E-state index contributed by atoms with van der Waals surface area (Å²) in [5.41, 5.74) is 2.08. The fraction of sp³-hybridized carbons (Fsp3) is 0.467. The molecular formula is C15H21NO2. The molecule has 18 heavy (non-hydrogen) atoms. The lowest BCUT2D eigenvalue weighted by molar-refractivity contribution is 0.326. The van der Waals surface area contributed by atoms with Crippen molar-refractivity contribution in [2.45, 2.75) is 19.9 Å². The first-order chi connectivity index (χ1) is 8.71. The van der Waals surface area contributed by atoms with Gasteiger partial charge in [0.05, 0.1) is 7.11 Å². The van der Waals surface area contributed by atoms with E-state index in [2.05, 4.69) is 30.7 Å². The molecule has 0 atom stereocenters. The van der Waals surface area contributed by atoms with E-state index < -0.39 is 0 Å². The molecule has 0 amide bonds. The first-order valence-electron chi connectivity index (χ1n) is 6.16. The number of aliphatic hydroxyl groups excluding tert-OH is 1. The Morgan fingerprint density at radius 1 is 1.39 bits per heavy atom. The third kappa shape index (κ3) is 4.40. The fourth-order valence-electron chi connectivity index (χ4n) is 1.84. The molecule has 3 heteroatoms. The molecule has 0 saturated carbocycles. The summed E-state index contributed by atoms with van der Waals surface area (Å²) in [6.07, 6.45) is 1.12. The van der Waals surface area contributed by atoms with Gasteiger partial charge in [-0.3, -0.25) is 0 Å². The summed E-state index contributed by atoms with van der Waals surface area (Å²) in [7, 11) is 3.75. The third-order valence-corrected chi connectivity index (χ3v) is 2.66. The smallest absolute Gasteiger partial charge is 0.119 e. The molecule has 0 heterocycles. The van der Waals surface area contributed by atoms with Gasteiger partial charge in [-0.15, -0.1) is 0 Å². The summed E-state index contributed by atoms with van der Waals surface area (Å²) >= 11 is 0. The van der Waals surface area contributed by atoms with Gasteiger partial charge in [0.25, 0.3) is 0 Å². The standard InChI is InChI=1S/C15H21NO2/c1-4-9-16(2)12-14-11-15(18-3)8-7-13(14)6-5-10-17/h7-8,11,17H,4,9-10,12H2,1-3H3. The van der Waals surface area contributed by atoms with E-state index in [4.69, 9.17) is 9.84 Å². The second kappa shape index (κ2) is 7.75. The highest BCUT2D eigenvalue weighted by Crippen LogP contribution is 2.18. The number of methoxy groups -OCH3 is 1. The highest BCUT2D eigenvalue weighted by molar-refractivity contribution is 5.45. The predicted octanol–water partition coefficient (Wildman–Crippen LogP) is 1.88.